The molecule has 0 saturated carbocycles. The predicted octanol–water partition coefficient (Wildman–Crippen LogP) is 2.06. The molecule has 0 spiro atoms. The minimum atomic E-state index is -0.0389. The molecule has 2 rings (SSSR count). The summed E-state index contributed by atoms with van der Waals surface area (Å²) in [6.45, 7) is 6.21. The van der Waals surface area contributed by atoms with Crippen LogP contribution in [0, 0.1) is 6.92 Å². The van der Waals surface area contributed by atoms with Crippen molar-refractivity contribution in [3.05, 3.63) is 29.8 Å². The van der Waals surface area contributed by atoms with Crippen molar-refractivity contribution in [1.82, 2.24) is 4.90 Å². The second-order valence-electron chi connectivity index (χ2n) is 4.52. The Kier molecular flexibility index (Phi) is 6.48. The summed E-state index contributed by atoms with van der Waals surface area (Å²) in [4.78, 5) is 13.7. The molecule has 1 fully saturated rings. The summed E-state index contributed by atoms with van der Waals surface area (Å²) in [6.07, 6.45) is 0. The number of nitrogens with zero attached hydrogens (tertiary/aromatic N) is 2. The zero-order valence-corrected chi connectivity index (χ0v) is 12.6. The van der Waals surface area contributed by atoms with E-state index in [0.29, 0.717) is 32.1 Å². The van der Waals surface area contributed by atoms with Crippen LogP contribution in [0.2, 0.25) is 0 Å². The molecule has 20 heavy (non-hydrogen) atoms. The van der Waals surface area contributed by atoms with Crippen molar-refractivity contribution < 1.29 is 9.53 Å². The smallest absolute Gasteiger partial charge is 0.196 e. The Morgan fingerprint density at radius 2 is 1.95 bits per heavy atom. The number of carbonyl (C=O) groups excluding carboxylic acids is 1. The number of ether oxygens (including phenoxy) is 1. The standard InChI is InChI=1S/C14H19N3O2.ClH/c1-11-5-3-4-6-13(11)15-16-14(12(2)18)17-7-9-19-10-8-17;/h3-6,15H,7-10H2,1-2H3;1H/b16-14-;. The van der Waals surface area contributed by atoms with E-state index in [9.17, 15) is 4.79 Å². The SMILES string of the molecule is CC(=O)/C(=N/Nc1ccccc1C)N1CCOCC1.Cl. The summed E-state index contributed by atoms with van der Waals surface area (Å²) < 4.78 is 5.28. The second kappa shape index (κ2) is 7.87. The first-order chi connectivity index (χ1) is 9.18. The number of hydrogen-bond donors (Lipinski definition) is 1. The lowest BCUT2D eigenvalue weighted by molar-refractivity contribution is -0.112. The molecule has 1 aliphatic heterocycles. The number of Topliss-reactive ketones (excluding diaryl/α,β-unsaturated/α-hetero) is 1. The van der Waals surface area contributed by atoms with Gasteiger partial charge in [0.25, 0.3) is 0 Å². The number of rotatable bonds is 3. The molecule has 1 N–H and O–H groups in total. The van der Waals surface area contributed by atoms with Crippen LogP contribution in [0.15, 0.2) is 29.4 Å². The van der Waals surface area contributed by atoms with E-state index in [-0.39, 0.29) is 18.2 Å². The molecule has 0 aromatic heterocycles. The normalized spacial score (nSPS) is 15.5. The molecule has 110 valence electrons. The van der Waals surface area contributed by atoms with Gasteiger partial charge in [-0.25, -0.2) is 0 Å². The first-order valence-electron chi connectivity index (χ1n) is 6.41. The highest BCUT2D eigenvalue weighted by molar-refractivity contribution is 6.37. The van der Waals surface area contributed by atoms with Gasteiger partial charge in [0.1, 0.15) is 0 Å². The molecule has 1 aromatic carbocycles. The molecule has 0 unspecified atom stereocenters. The average molecular weight is 298 g/mol. The summed E-state index contributed by atoms with van der Waals surface area (Å²) in [5, 5.41) is 4.27. The van der Waals surface area contributed by atoms with Crippen molar-refractivity contribution in [2.75, 3.05) is 31.7 Å². The highest BCUT2D eigenvalue weighted by Crippen LogP contribution is 2.13. The number of aryl methyl sites for hydroxylation is 1. The monoisotopic (exact) mass is 297 g/mol. The van der Waals surface area contributed by atoms with Crippen LogP contribution in [0.3, 0.4) is 0 Å². The first-order valence-corrected chi connectivity index (χ1v) is 6.41. The Morgan fingerprint density at radius 1 is 1.30 bits per heavy atom. The van der Waals surface area contributed by atoms with E-state index in [4.69, 9.17) is 4.74 Å². The first kappa shape index (κ1) is 16.5. The van der Waals surface area contributed by atoms with Crippen LogP contribution in [0.4, 0.5) is 5.69 Å². The fourth-order valence-corrected chi connectivity index (χ4v) is 1.96. The molecular formula is C14H20ClN3O2. The molecule has 1 heterocycles. The van der Waals surface area contributed by atoms with Gasteiger partial charge in [0.15, 0.2) is 11.6 Å². The van der Waals surface area contributed by atoms with Crippen LogP contribution in [0.25, 0.3) is 0 Å². The zero-order chi connectivity index (χ0) is 13.7. The lowest BCUT2D eigenvalue weighted by Crippen LogP contribution is -2.44. The lowest BCUT2D eigenvalue weighted by atomic mass is 10.2. The Bertz CT molecular complexity index is 485. The molecule has 1 saturated heterocycles. The maximum atomic E-state index is 11.7. The number of para-hydroxylation sites is 1. The Labute approximate surface area is 125 Å². The van der Waals surface area contributed by atoms with Gasteiger partial charge in [-0.1, -0.05) is 18.2 Å². The molecule has 5 nitrogen and oxygen atoms in total. The van der Waals surface area contributed by atoms with Crippen molar-refractivity contribution >= 4 is 29.7 Å². The van der Waals surface area contributed by atoms with Gasteiger partial charge >= 0.3 is 0 Å². The highest BCUT2D eigenvalue weighted by atomic mass is 35.5. The third-order valence-corrected chi connectivity index (χ3v) is 3.05. The lowest BCUT2D eigenvalue weighted by Gasteiger charge is -2.28. The van der Waals surface area contributed by atoms with Crippen molar-refractivity contribution in [2.24, 2.45) is 5.10 Å². The van der Waals surface area contributed by atoms with Crippen molar-refractivity contribution in [1.29, 1.82) is 0 Å². The maximum Gasteiger partial charge on any atom is 0.196 e. The molecule has 1 aromatic rings. The largest absolute Gasteiger partial charge is 0.378 e. The number of nitrogens with one attached hydrogen (secondary N) is 1. The van der Waals surface area contributed by atoms with Crippen molar-refractivity contribution in [2.45, 2.75) is 13.8 Å². The number of anilines is 1. The summed E-state index contributed by atoms with van der Waals surface area (Å²) in [6, 6.07) is 7.85. The van der Waals surface area contributed by atoms with Crippen LogP contribution in [0.1, 0.15) is 12.5 Å². The number of benzene rings is 1. The Morgan fingerprint density at radius 3 is 2.55 bits per heavy atom. The van der Waals surface area contributed by atoms with Crippen LogP contribution >= 0.6 is 12.4 Å². The molecule has 0 atom stereocenters. The van der Waals surface area contributed by atoms with Gasteiger partial charge in [0.2, 0.25) is 0 Å². The quantitative estimate of drug-likeness (QED) is 0.527. The number of morpholine rings is 1. The van der Waals surface area contributed by atoms with E-state index in [1.54, 1.807) is 0 Å². The number of ketones is 1. The van der Waals surface area contributed by atoms with E-state index in [1.165, 1.54) is 6.92 Å². The summed E-state index contributed by atoms with van der Waals surface area (Å²) >= 11 is 0. The number of hydrazone groups is 1. The Hall–Kier alpha value is -1.59. The number of halogens is 1. The van der Waals surface area contributed by atoms with Crippen LogP contribution < -0.4 is 5.43 Å². The fraction of sp³-hybridized carbons (Fsp3) is 0.429. The summed E-state index contributed by atoms with van der Waals surface area (Å²) in [5.74, 6) is 0.425. The molecule has 0 aliphatic carbocycles. The summed E-state index contributed by atoms with van der Waals surface area (Å²) in [7, 11) is 0. The second-order valence-corrected chi connectivity index (χ2v) is 4.52. The predicted molar refractivity (Wildman–Crippen MR) is 82.6 cm³/mol. The molecule has 0 radical (unpaired) electrons. The van der Waals surface area contributed by atoms with Gasteiger partial charge in [-0.05, 0) is 18.6 Å². The van der Waals surface area contributed by atoms with Gasteiger partial charge in [0, 0.05) is 20.0 Å². The van der Waals surface area contributed by atoms with Crippen molar-refractivity contribution in [3.63, 3.8) is 0 Å². The van der Waals surface area contributed by atoms with Gasteiger partial charge < -0.3 is 9.64 Å². The number of carbonyl (C=O) groups is 1. The average Bonchev–Trinajstić information content (AvgIpc) is 2.42. The topological polar surface area (TPSA) is 53.9 Å². The van der Waals surface area contributed by atoms with E-state index in [2.05, 4.69) is 10.5 Å². The third-order valence-electron chi connectivity index (χ3n) is 3.05. The maximum absolute atomic E-state index is 11.7. The van der Waals surface area contributed by atoms with Gasteiger partial charge in [-0.15, -0.1) is 12.4 Å². The van der Waals surface area contributed by atoms with E-state index >= 15 is 0 Å². The number of amidine groups is 1. The van der Waals surface area contributed by atoms with Gasteiger partial charge in [0.05, 0.1) is 18.9 Å². The van der Waals surface area contributed by atoms with E-state index in [1.807, 2.05) is 36.1 Å². The van der Waals surface area contributed by atoms with Crippen molar-refractivity contribution in [3.8, 4) is 0 Å². The fourth-order valence-electron chi connectivity index (χ4n) is 1.96. The minimum absolute atomic E-state index is 0. The molecule has 1 aliphatic rings. The zero-order valence-electron chi connectivity index (χ0n) is 11.8. The summed E-state index contributed by atoms with van der Waals surface area (Å²) in [5.41, 5.74) is 4.98. The van der Waals surface area contributed by atoms with Gasteiger partial charge in [-0.3, -0.25) is 10.2 Å². The molecule has 0 amide bonds. The minimum Gasteiger partial charge on any atom is -0.378 e. The molecule has 6 heteroatoms. The van der Waals surface area contributed by atoms with Gasteiger partial charge in [-0.2, -0.15) is 5.10 Å². The van der Waals surface area contributed by atoms with E-state index in [0.717, 1.165) is 11.3 Å². The third kappa shape index (κ3) is 4.21. The molecule has 0 bridgehead atoms. The van der Waals surface area contributed by atoms with Crippen LogP contribution in [-0.4, -0.2) is 42.8 Å². The Balaban J connectivity index is 0.00000200. The van der Waals surface area contributed by atoms with Crippen LogP contribution in [0.5, 0.6) is 0 Å². The van der Waals surface area contributed by atoms with Crippen LogP contribution in [-0.2, 0) is 9.53 Å². The number of hydrogen-bond acceptors (Lipinski definition) is 4. The molecular weight excluding hydrogens is 278 g/mol. The highest BCUT2D eigenvalue weighted by Gasteiger charge is 2.18. The van der Waals surface area contributed by atoms with E-state index < -0.39 is 0 Å².